The minimum absolute atomic E-state index is 0.0660. The van der Waals surface area contributed by atoms with E-state index in [-0.39, 0.29) is 30.2 Å². The standard InChI is InChI=1S/C23H30BrN3O6S/c1-2-3-10-32-19-7-6-15(24)12-17(19)21(29)26-23(34)27-9-8-25-22(30)18(27)13-20(28)33-14-16-5-4-11-31-16/h6-7,12,16,18H,2-5,8-11,13-14H2,1H3,(H,25,30)(H,26,29,34). The molecular formula is C23H30BrN3O6S. The first-order valence-corrected chi connectivity index (χ1v) is 12.7. The summed E-state index contributed by atoms with van der Waals surface area (Å²) in [7, 11) is 0. The second-order valence-corrected chi connectivity index (χ2v) is 9.43. The van der Waals surface area contributed by atoms with Crippen molar-refractivity contribution < 1.29 is 28.6 Å². The molecule has 0 saturated carbocycles. The fourth-order valence-electron chi connectivity index (χ4n) is 3.71. The number of esters is 1. The number of ether oxygens (including phenoxy) is 3. The van der Waals surface area contributed by atoms with Crippen molar-refractivity contribution in [3.05, 3.63) is 28.2 Å². The molecule has 1 aromatic carbocycles. The minimum Gasteiger partial charge on any atom is -0.493 e. The summed E-state index contributed by atoms with van der Waals surface area (Å²) in [5.41, 5.74) is 0.321. The molecule has 11 heteroatoms. The average molecular weight is 556 g/mol. The number of halogens is 1. The third kappa shape index (κ3) is 7.38. The number of amides is 2. The van der Waals surface area contributed by atoms with Crippen molar-refractivity contribution in [1.82, 2.24) is 15.5 Å². The summed E-state index contributed by atoms with van der Waals surface area (Å²) in [5.74, 6) is -0.871. The largest absolute Gasteiger partial charge is 0.493 e. The van der Waals surface area contributed by atoms with Gasteiger partial charge in [0.2, 0.25) is 5.91 Å². The monoisotopic (exact) mass is 555 g/mol. The van der Waals surface area contributed by atoms with Crippen molar-refractivity contribution in [2.24, 2.45) is 0 Å². The molecule has 0 spiro atoms. The summed E-state index contributed by atoms with van der Waals surface area (Å²) in [5, 5.41) is 5.49. The number of rotatable bonds is 9. The topological polar surface area (TPSA) is 106 Å². The summed E-state index contributed by atoms with van der Waals surface area (Å²) in [6.07, 6.45) is 3.34. The molecule has 2 N–H and O–H groups in total. The number of piperazine rings is 1. The molecule has 9 nitrogen and oxygen atoms in total. The van der Waals surface area contributed by atoms with E-state index in [0.29, 0.717) is 37.6 Å². The van der Waals surface area contributed by atoms with Gasteiger partial charge in [0.15, 0.2) is 5.11 Å². The quantitative estimate of drug-likeness (QED) is 0.272. The molecule has 2 fully saturated rings. The maximum atomic E-state index is 13.0. The summed E-state index contributed by atoms with van der Waals surface area (Å²) in [6.45, 7) is 4.08. The Balaban J connectivity index is 1.63. The molecule has 2 saturated heterocycles. The molecule has 2 unspecified atom stereocenters. The Labute approximate surface area is 213 Å². The van der Waals surface area contributed by atoms with Crippen LogP contribution < -0.4 is 15.4 Å². The minimum atomic E-state index is -0.874. The van der Waals surface area contributed by atoms with Gasteiger partial charge in [-0.1, -0.05) is 29.3 Å². The van der Waals surface area contributed by atoms with Gasteiger partial charge in [-0.25, -0.2) is 0 Å². The van der Waals surface area contributed by atoms with Crippen LogP contribution in [-0.2, 0) is 19.1 Å². The molecule has 0 radical (unpaired) electrons. The summed E-state index contributed by atoms with van der Waals surface area (Å²) in [4.78, 5) is 39.5. The van der Waals surface area contributed by atoms with Crippen molar-refractivity contribution in [3.63, 3.8) is 0 Å². The first-order valence-electron chi connectivity index (χ1n) is 11.5. The smallest absolute Gasteiger partial charge is 0.308 e. The van der Waals surface area contributed by atoms with E-state index in [0.717, 1.165) is 30.2 Å². The maximum absolute atomic E-state index is 13.0. The third-order valence-electron chi connectivity index (χ3n) is 5.57. The first kappa shape index (κ1) is 26.4. The number of carbonyl (C=O) groups is 3. The zero-order chi connectivity index (χ0) is 24.5. The van der Waals surface area contributed by atoms with Crippen LogP contribution in [0.1, 0.15) is 49.4 Å². The van der Waals surface area contributed by atoms with Crippen LogP contribution in [0, 0.1) is 0 Å². The predicted octanol–water partition coefficient (Wildman–Crippen LogP) is 2.56. The molecule has 2 amide bonds. The Morgan fingerprint density at radius 2 is 2.21 bits per heavy atom. The Kier molecular flexibility index (Phi) is 10.1. The Morgan fingerprint density at radius 1 is 1.38 bits per heavy atom. The molecule has 186 valence electrons. The number of nitrogens with one attached hydrogen (secondary N) is 2. The summed E-state index contributed by atoms with van der Waals surface area (Å²) >= 11 is 8.84. The zero-order valence-electron chi connectivity index (χ0n) is 19.1. The number of hydrogen-bond acceptors (Lipinski definition) is 7. The van der Waals surface area contributed by atoms with E-state index in [9.17, 15) is 14.4 Å². The van der Waals surface area contributed by atoms with Gasteiger partial charge in [-0.2, -0.15) is 0 Å². The molecule has 2 aliphatic heterocycles. The van der Waals surface area contributed by atoms with Crippen molar-refractivity contribution in [2.45, 2.75) is 51.2 Å². The van der Waals surface area contributed by atoms with Crippen LogP contribution in [0.5, 0.6) is 5.75 Å². The number of thiocarbonyl (C=S) groups is 1. The van der Waals surface area contributed by atoms with Gasteiger partial charge in [0, 0.05) is 24.2 Å². The lowest BCUT2D eigenvalue weighted by Gasteiger charge is -2.36. The van der Waals surface area contributed by atoms with E-state index in [1.807, 2.05) is 0 Å². The maximum Gasteiger partial charge on any atom is 0.308 e. The van der Waals surface area contributed by atoms with Crippen LogP contribution in [0.15, 0.2) is 22.7 Å². The highest BCUT2D eigenvalue weighted by Gasteiger charge is 2.34. The molecule has 2 aliphatic rings. The van der Waals surface area contributed by atoms with Crippen molar-refractivity contribution in [2.75, 3.05) is 32.9 Å². The van der Waals surface area contributed by atoms with Gasteiger partial charge in [0.25, 0.3) is 5.91 Å². The SMILES string of the molecule is CCCCOc1ccc(Br)cc1C(=O)NC(=S)N1CCNC(=O)C1CC(=O)OCC1CCCO1. The summed E-state index contributed by atoms with van der Waals surface area (Å²) in [6, 6.07) is 4.30. The van der Waals surface area contributed by atoms with Crippen molar-refractivity contribution in [3.8, 4) is 5.75 Å². The number of carbonyl (C=O) groups excluding carboxylic acids is 3. The summed E-state index contributed by atoms with van der Waals surface area (Å²) < 4.78 is 17.3. The van der Waals surface area contributed by atoms with Crippen LogP contribution in [0.3, 0.4) is 0 Å². The lowest BCUT2D eigenvalue weighted by Crippen LogP contribution is -2.60. The van der Waals surface area contributed by atoms with Crippen LogP contribution >= 0.6 is 28.1 Å². The van der Waals surface area contributed by atoms with Gasteiger partial charge < -0.3 is 24.4 Å². The number of benzene rings is 1. The molecule has 3 rings (SSSR count). The third-order valence-corrected chi connectivity index (χ3v) is 6.40. The van der Waals surface area contributed by atoms with Crippen LogP contribution in [0.25, 0.3) is 0 Å². The van der Waals surface area contributed by atoms with Crippen molar-refractivity contribution in [1.29, 1.82) is 0 Å². The van der Waals surface area contributed by atoms with E-state index < -0.39 is 17.9 Å². The molecule has 34 heavy (non-hydrogen) atoms. The molecule has 1 aromatic rings. The Morgan fingerprint density at radius 3 is 2.94 bits per heavy atom. The van der Waals surface area contributed by atoms with E-state index in [1.165, 1.54) is 0 Å². The van der Waals surface area contributed by atoms with Gasteiger partial charge in [-0.05, 0) is 49.7 Å². The van der Waals surface area contributed by atoms with Gasteiger partial charge >= 0.3 is 5.97 Å². The lowest BCUT2D eigenvalue weighted by molar-refractivity contribution is -0.150. The van der Waals surface area contributed by atoms with E-state index in [2.05, 4.69) is 33.5 Å². The second kappa shape index (κ2) is 13.0. The normalized spacial score (nSPS) is 19.9. The molecule has 0 bridgehead atoms. The number of nitrogens with zero attached hydrogens (tertiary/aromatic N) is 1. The van der Waals surface area contributed by atoms with Crippen LogP contribution in [0.2, 0.25) is 0 Å². The average Bonchev–Trinajstić information content (AvgIpc) is 3.33. The van der Waals surface area contributed by atoms with E-state index in [4.69, 9.17) is 26.4 Å². The highest BCUT2D eigenvalue weighted by Crippen LogP contribution is 2.24. The van der Waals surface area contributed by atoms with Crippen LogP contribution in [0.4, 0.5) is 0 Å². The molecule has 0 aliphatic carbocycles. The fraction of sp³-hybridized carbons (Fsp3) is 0.565. The first-order chi connectivity index (χ1) is 16.4. The number of hydrogen-bond donors (Lipinski definition) is 2. The fourth-order valence-corrected chi connectivity index (χ4v) is 4.38. The highest BCUT2D eigenvalue weighted by molar-refractivity contribution is 9.10. The van der Waals surface area contributed by atoms with Gasteiger partial charge in [-0.3, -0.25) is 19.7 Å². The van der Waals surface area contributed by atoms with Crippen LogP contribution in [-0.4, -0.2) is 72.9 Å². The predicted molar refractivity (Wildman–Crippen MR) is 133 cm³/mol. The van der Waals surface area contributed by atoms with E-state index in [1.54, 1.807) is 23.1 Å². The zero-order valence-corrected chi connectivity index (χ0v) is 21.5. The van der Waals surface area contributed by atoms with Gasteiger partial charge in [-0.15, -0.1) is 0 Å². The van der Waals surface area contributed by atoms with Gasteiger partial charge in [0.05, 0.1) is 24.7 Å². The molecular weight excluding hydrogens is 526 g/mol. The van der Waals surface area contributed by atoms with Crippen molar-refractivity contribution >= 4 is 51.0 Å². The molecule has 2 heterocycles. The molecule has 2 atom stereocenters. The van der Waals surface area contributed by atoms with E-state index >= 15 is 0 Å². The Hall–Kier alpha value is -2.24. The Bertz CT molecular complexity index is 909. The van der Waals surface area contributed by atoms with Gasteiger partial charge in [0.1, 0.15) is 18.4 Å². The second-order valence-electron chi connectivity index (χ2n) is 8.12. The molecule has 0 aromatic heterocycles. The highest BCUT2D eigenvalue weighted by atomic mass is 79.9. The number of unbranched alkanes of at least 4 members (excludes halogenated alkanes) is 1. The lowest BCUT2D eigenvalue weighted by atomic mass is 10.1.